The first-order valence-corrected chi connectivity index (χ1v) is 8.50. The van der Waals surface area contributed by atoms with E-state index in [0.29, 0.717) is 5.16 Å². The Bertz CT molecular complexity index is 836. The van der Waals surface area contributed by atoms with Gasteiger partial charge in [0.15, 0.2) is 0 Å². The summed E-state index contributed by atoms with van der Waals surface area (Å²) >= 11 is 1.29. The van der Waals surface area contributed by atoms with Gasteiger partial charge in [0, 0.05) is 5.69 Å². The van der Waals surface area contributed by atoms with Gasteiger partial charge in [-0.3, -0.25) is 4.79 Å². The fourth-order valence-corrected chi connectivity index (χ4v) is 2.92. The molecule has 0 aliphatic carbocycles. The minimum Gasteiger partial charge on any atom is -0.497 e. The number of ether oxygens (including phenoxy) is 1. The highest BCUT2D eigenvalue weighted by Crippen LogP contribution is 2.24. The highest BCUT2D eigenvalue weighted by atomic mass is 32.2. The van der Waals surface area contributed by atoms with E-state index in [-0.39, 0.29) is 11.2 Å². The molecule has 7 nitrogen and oxygen atoms in total. The third-order valence-electron chi connectivity index (χ3n) is 3.45. The van der Waals surface area contributed by atoms with Crippen LogP contribution < -0.4 is 10.1 Å². The summed E-state index contributed by atoms with van der Waals surface area (Å²) in [6, 6.07) is 16.7. The molecule has 3 rings (SSSR count). The Morgan fingerprint density at radius 2 is 1.88 bits per heavy atom. The van der Waals surface area contributed by atoms with E-state index in [0.717, 1.165) is 17.1 Å². The lowest BCUT2D eigenvalue weighted by Gasteiger charge is -2.11. The van der Waals surface area contributed by atoms with Crippen LogP contribution in [0.5, 0.6) is 5.75 Å². The van der Waals surface area contributed by atoms with E-state index in [1.807, 2.05) is 61.5 Å². The number of rotatable bonds is 6. The average molecular weight is 355 g/mol. The number of aromatic nitrogens is 4. The summed E-state index contributed by atoms with van der Waals surface area (Å²) in [6.07, 6.45) is 0. The van der Waals surface area contributed by atoms with E-state index in [4.69, 9.17) is 4.74 Å². The Labute approximate surface area is 149 Å². The second-order valence-electron chi connectivity index (χ2n) is 5.19. The zero-order chi connectivity index (χ0) is 17.6. The van der Waals surface area contributed by atoms with Gasteiger partial charge >= 0.3 is 0 Å². The third-order valence-corrected chi connectivity index (χ3v) is 4.48. The molecule has 8 heteroatoms. The Hall–Kier alpha value is -2.87. The smallest absolute Gasteiger partial charge is 0.237 e. The molecule has 2 aromatic carbocycles. The van der Waals surface area contributed by atoms with E-state index in [9.17, 15) is 4.79 Å². The largest absolute Gasteiger partial charge is 0.497 e. The zero-order valence-electron chi connectivity index (χ0n) is 13.8. The standard InChI is InChI=1S/C17H17N5O2S/c1-12(16(23)18-13-6-4-3-5-7-13)25-17-19-20-21-22(17)14-8-10-15(24-2)11-9-14/h3-12H,1-2H3,(H,18,23)/t12-/m1/s1. The van der Waals surface area contributed by atoms with Crippen molar-refractivity contribution in [2.75, 3.05) is 12.4 Å². The first kappa shape index (κ1) is 17.0. The van der Waals surface area contributed by atoms with Gasteiger partial charge in [0.25, 0.3) is 0 Å². The fourth-order valence-electron chi connectivity index (χ4n) is 2.11. The van der Waals surface area contributed by atoms with Crippen LogP contribution in [0.3, 0.4) is 0 Å². The number of tetrazole rings is 1. The number of benzene rings is 2. The summed E-state index contributed by atoms with van der Waals surface area (Å²) < 4.78 is 6.74. The van der Waals surface area contributed by atoms with Gasteiger partial charge in [-0.1, -0.05) is 30.0 Å². The molecule has 0 radical (unpaired) electrons. The van der Waals surface area contributed by atoms with E-state index in [1.165, 1.54) is 11.8 Å². The van der Waals surface area contributed by atoms with Crippen molar-refractivity contribution < 1.29 is 9.53 Å². The van der Waals surface area contributed by atoms with Crippen LogP contribution in [0.25, 0.3) is 5.69 Å². The predicted molar refractivity (Wildman–Crippen MR) is 96.1 cm³/mol. The Kier molecular flexibility index (Phi) is 5.30. The molecule has 128 valence electrons. The summed E-state index contributed by atoms with van der Waals surface area (Å²) in [4.78, 5) is 12.3. The Balaban J connectivity index is 1.70. The van der Waals surface area contributed by atoms with Crippen molar-refractivity contribution >= 4 is 23.4 Å². The Morgan fingerprint density at radius 3 is 2.56 bits per heavy atom. The molecule has 0 aliphatic rings. The number of carbonyl (C=O) groups is 1. The molecule has 1 heterocycles. The summed E-state index contributed by atoms with van der Waals surface area (Å²) in [5.74, 6) is 0.641. The van der Waals surface area contributed by atoms with Gasteiger partial charge in [-0.15, -0.1) is 5.10 Å². The van der Waals surface area contributed by atoms with Gasteiger partial charge in [0.1, 0.15) is 5.75 Å². The number of hydrogen-bond donors (Lipinski definition) is 1. The fraction of sp³-hybridized carbons (Fsp3) is 0.176. The summed E-state index contributed by atoms with van der Waals surface area (Å²) in [6.45, 7) is 1.82. The van der Waals surface area contributed by atoms with E-state index in [1.54, 1.807) is 11.8 Å². The third kappa shape index (κ3) is 4.16. The first-order chi connectivity index (χ1) is 12.2. The van der Waals surface area contributed by atoms with Gasteiger partial charge in [-0.25, -0.2) is 0 Å². The van der Waals surface area contributed by atoms with Crippen LogP contribution >= 0.6 is 11.8 Å². The van der Waals surface area contributed by atoms with Crippen LogP contribution in [0.1, 0.15) is 6.92 Å². The molecule has 0 spiro atoms. The van der Waals surface area contributed by atoms with Crippen molar-refractivity contribution in [1.82, 2.24) is 20.2 Å². The van der Waals surface area contributed by atoms with E-state index in [2.05, 4.69) is 20.8 Å². The normalized spacial score (nSPS) is 11.8. The number of para-hydroxylation sites is 1. The molecule has 1 atom stereocenters. The number of anilines is 1. The Morgan fingerprint density at radius 1 is 1.16 bits per heavy atom. The lowest BCUT2D eigenvalue weighted by molar-refractivity contribution is -0.115. The summed E-state index contributed by atoms with van der Waals surface area (Å²) in [5.41, 5.74) is 1.55. The first-order valence-electron chi connectivity index (χ1n) is 7.63. The molecule has 0 saturated carbocycles. The molecular formula is C17H17N5O2S. The molecule has 0 bridgehead atoms. The van der Waals surface area contributed by atoms with Crippen molar-refractivity contribution in [2.24, 2.45) is 0 Å². The number of methoxy groups -OCH3 is 1. The number of carbonyl (C=O) groups excluding carboxylic acids is 1. The monoisotopic (exact) mass is 355 g/mol. The molecule has 1 aromatic heterocycles. The molecule has 1 amide bonds. The summed E-state index contributed by atoms with van der Waals surface area (Å²) in [7, 11) is 1.61. The van der Waals surface area contributed by atoms with Crippen molar-refractivity contribution in [3.63, 3.8) is 0 Å². The number of amides is 1. The number of thioether (sulfide) groups is 1. The molecule has 0 saturated heterocycles. The number of hydrogen-bond acceptors (Lipinski definition) is 6. The average Bonchev–Trinajstić information content (AvgIpc) is 3.10. The second-order valence-corrected chi connectivity index (χ2v) is 6.49. The zero-order valence-corrected chi connectivity index (χ0v) is 14.6. The van der Waals surface area contributed by atoms with Gasteiger partial charge in [0.05, 0.1) is 18.0 Å². The van der Waals surface area contributed by atoms with Gasteiger partial charge in [0.2, 0.25) is 11.1 Å². The molecule has 3 aromatic rings. The maximum atomic E-state index is 12.3. The minimum atomic E-state index is -0.358. The van der Waals surface area contributed by atoms with E-state index >= 15 is 0 Å². The SMILES string of the molecule is COc1ccc(-n2nnnc2S[C@H](C)C(=O)Nc2ccccc2)cc1. The van der Waals surface area contributed by atoms with Crippen LogP contribution in [-0.4, -0.2) is 38.5 Å². The van der Waals surface area contributed by atoms with Crippen LogP contribution in [0.15, 0.2) is 59.8 Å². The number of nitrogens with one attached hydrogen (secondary N) is 1. The second kappa shape index (κ2) is 7.80. The molecule has 1 N–H and O–H groups in total. The van der Waals surface area contributed by atoms with Crippen molar-refractivity contribution in [3.8, 4) is 11.4 Å². The summed E-state index contributed by atoms with van der Waals surface area (Å²) in [5, 5.41) is 14.8. The lowest BCUT2D eigenvalue weighted by atomic mass is 10.3. The van der Waals surface area contributed by atoms with Crippen molar-refractivity contribution in [2.45, 2.75) is 17.3 Å². The van der Waals surface area contributed by atoms with E-state index < -0.39 is 0 Å². The topological polar surface area (TPSA) is 81.9 Å². The van der Waals surface area contributed by atoms with Crippen LogP contribution in [-0.2, 0) is 4.79 Å². The lowest BCUT2D eigenvalue weighted by Crippen LogP contribution is -2.22. The molecular weight excluding hydrogens is 338 g/mol. The number of nitrogens with zero attached hydrogens (tertiary/aromatic N) is 4. The van der Waals surface area contributed by atoms with Crippen LogP contribution in [0, 0.1) is 0 Å². The quantitative estimate of drug-likeness (QED) is 0.685. The van der Waals surface area contributed by atoms with Crippen LogP contribution in [0.2, 0.25) is 0 Å². The highest BCUT2D eigenvalue weighted by molar-refractivity contribution is 8.00. The highest BCUT2D eigenvalue weighted by Gasteiger charge is 2.19. The van der Waals surface area contributed by atoms with Crippen molar-refractivity contribution in [3.05, 3.63) is 54.6 Å². The maximum Gasteiger partial charge on any atom is 0.237 e. The minimum absolute atomic E-state index is 0.111. The van der Waals surface area contributed by atoms with Crippen LogP contribution in [0.4, 0.5) is 5.69 Å². The van der Waals surface area contributed by atoms with Gasteiger partial charge in [-0.2, -0.15) is 4.68 Å². The molecule has 25 heavy (non-hydrogen) atoms. The van der Waals surface area contributed by atoms with Gasteiger partial charge in [-0.05, 0) is 53.7 Å². The molecule has 0 aliphatic heterocycles. The van der Waals surface area contributed by atoms with Crippen molar-refractivity contribution in [1.29, 1.82) is 0 Å². The molecule has 0 fully saturated rings. The maximum absolute atomic E-state index is 12.3. The molecule has 0 unspecified atom stereocenters. The van der Waals surface area contributed by atoms with Gasteiger partial charge < -0.3 is 10.1 Å². The predicted octanol–water partition coefficient (Wildman–Crippen LogP) is 2.79.